The van der Waals surface area contributed by atoms with Crippen molar-refractivity contribution in [3.63, 3.8) is 0 Å². The predicted molar refractivity (Wildman–Crippen MR) is 100 cm³/mol. The van der Waals surface area contributed by atoms with Gasteiger partial charge in [-0.2, -0.15) is 0 Å². The first-order valence-corrected chi connectivity index (χ1v) is 9.89. The Kier molecular flexibility index (Phi) is 11.4. The van der Waals surface area contributed by atoms with Gasteiger partial charge in [0, 0.05) is 13.8 Å². The van der Waals surface area contributed by atoms with Crippen LogP contribution in [-0.4, -0.2) is 91.2 Å². The summed E-state index contributed by atoms with van der Waals surface area (Å²) in [4.78, 5) is 47.1. The third-order valence-electron chi connectivity index (χ3n) is 4.23. The van der Waals surface area contributed by atoms with Crippen molar-refractivity contribution in [2.24, 2.45) is 5.92 Å². The minimum atomic E-state index is -1.50. The van der Waals surface area contributed by atoms with Crippen LogP contribution in [0.4, 0.5) is 0 Å². The van der Waals surface area contributed by atoms with E-state index in [1.165, 1.54) is 0 Å². The molecule has 1 saturated heterocycles. The summed E-state index contributed by atoms with van der Waals surface area (Å²) in [5.74, 6) is -4.34. The molecule has 0 aliphatic carbocycles. The number of aliphatic hydroxyl groups excluding tert-OH is 2. The summed E-state index contributed by atoms with van der Waals surface area (Å²) in [5.41, 5.74) is 0. The van der Waals surface area contributed by atoms with Gasteiger partial charge in [0.2, 0.25) is 0 Å². The standard InChI is InChI=1S/C19H30O12/c1-5-26-17(24)12(18(25)27-6-2)7-8-28-19-16(30-11(4)22)15(29-10(3)21)14(23)13(9-20)31-19/h12-16,19-20,23H,5-9H2,1-4H3/t13-,14-,15+,16-,19?/m1/s1. The lowest BCUT2D eigenvalue weighted by Gasteiger charge is -2.42. The monoisotopic (exact) mass is 450 g/mol. The quantitative estimate of drug-likeness (QED) is 0.226. The van der Waals surface area contributed by atoms with E-state index in [2.05, 4.69) is 0 Å². The van der Waals surface area contributed by atoms with Gasteiger partial charge in [0.1, 0.15) is 12.2 Å². The van der Waals surface area contributed by atoms with Gasteiger partial charge in [0.15, 0.2) is 24.4 Å². The summed E-state index contributed by atoms with van der Waals surface area (Å²) in [6.07, 6.45) is -6.93. The molecule has 0 aromatic carbocycles. The van der Waals surface area contributed by atoms with Crippen molar-refractivity contribution in [3.05, 3.63) is 0 Å². The van der Waals surface area contributed by atoms with Crippen LogP contribution in [0.15, 0.2) is 0 Å². The van der Waals surface area contributed by atoms with Crippen molar-refractivity contribution in [1.29, 1.82) is 0 Å². The zero-order valence-electron chi connectivity index (χ0n) is 18.0. The highest BCUT2D eigenvalue weighted by Crippen LogP contribution is 2.27. The second-order valence-corrected chi connectivity index (χ2v) is 6.58. The molecule has 0 saturated carbocycles. The summed E-state index contributed by atoms with van der Waals surface area (Å²) in [6.45, 7) is 4.62. The predicted octanol–water partition coefficient (Wildman–Crippen LogP) is -0.923. The van der Waals surface area contributed by atoms with Crippen LogP contribution >= 0.6 is 0 Å². The molecule has 0 spiro atoms. The SMILES string of the molecule is CCOC(=O)C(CCOC1O[C@H](CO)[C@@H](O)[C@H](OC(C)=O)[C@H]1OC(C)=O)C(=O)OCC. The number of ether oxygens (including phenoxy) is 6. The van der Waals surface area contributed by atoms with Gasteiger partial charge in [-0.05, 0) is 20.3 Å². The Morgan fingerprint density at radius 3 is 1.90 bits per heavy atom. The van der Waals surface area contributed by atoms with E-state index in [1.807, 2.05) is 0 Å². The number of rotatable bonds is 11. The van der Waals surface area contributed by atoms with Crippen LogP contribution in [0.5, 0.6) is 0 Å². The molecule has 0 aromatic rings. The molecule has 1 aliphatic heterocycles. The Bertz CT molecular complexity index is 603. The average Bonchev–Trinajstić information content (AvgIpc) is 2.69. The highest BCUT2D eigenvalue weighted by atomic mass is 16.7. The van der Waals surface area contributed by atoms with Crippen molar-refractivity contribution in [3.8, 4) is 0 Å². The fraction of sp³-hybridized carbons (Fsp3) is 0.789. The third kappa shape index (κ3) is 8.05. The van der Waals surface area contributed by atoms with E-state index in [0.29, 0.717) is 0 Å². The fourth-order valence-electron chi connectivity index (χ4n) is 2.94. The molecule has 0 amide bonds. The Morgan fingerprint density at radius 2 is 1.45 bits per heavy atom. The average molecular weight is 450 g/mol. The lowest BCUT2D eigenvalue weighted by Crippen LogP contribution is -2.61. The van der Waals surface area contributed by atoms with Gasteiger partial charge in [-0.15, -0.1) is 0 Å². The molecule has 1 rings (SSSR count). The second kappa shape index (κ2) is 13.2. The van der Waals surface area contributed by atoms with Gasteiger partial charge in [-0.25, -0.2) is 0 Å². The van der Waals surface area contributed by atoms with Gasteiger partial charge >= 0.3 is 23.9 Å². The number of carbonyl (C=O) groups is 4. The molecule has 1 unspecified atom stereocenters. The molecule has 1 aliphatic rings. The first kappa shape index (κ1) is 26.8. The molecule has 5 atom stereocenters. The maximum atomic E-state index is 12.1. The largest absolute Gasteiger partial charge is 0.465 e. The van der Waals surface area contributed by atoms with Gasteiger partial charge in [-0.3, -0.25) is 19.2 Å². The topological polar surface area (TPSA) is 164 Å². The van der Waals surface area contributed by atoms with Gasteiger partial charge < -0.3 is 38.6 Å². The van der Waals surface area contributed by atoms with E-state index in [-0.39, 0.29) is 26.2 Å². The molecular formula is C19H30O12. The molecule has 12 heteroatoms. The van der Waals surface area contributed by atoms with Crippen molar-refractivity contribution in [2.75, 3.05) is 26.4 Å². The number of hydrogen-bond donors (Lipinski definition) is 2. The Labute approximate surface area is 179 Å². The highest BCUT2D eigenvalue weighted by Gasteiger charge is 2.49. The van der Waals surface area contributed by atoms with Crippen molar-refractivity contribution in [2.45, 2.75) is 64.8 Å². The second-order valence-electron chi connectivity index (χ2n) is 6.58. The van der Waals surface area contributed by atoms with Crippen molar-refractivity contribution < 1.29 is 57.8 Å². The van der Waals surface area contributed by atoms with Gasteiger partial charge in [-0.1, -0.05) is 0 Å². The highest BCUT2D eigenvalue weighted by molar-refractivity contribution is 5.94. The summed E-state index contributed by atoms with van der Waals surface area (Å²) in [5, 5.41) is 19.8. The van der Waals surface area contributed by atoms with Crippen molar-refractivity contribution >= 4 is 23.9 Å². The van der Waals surface area contributed by atoms with E-state index in [4.69, 9.17) is 28.4 Å². The van der Waals surface area contributed by atoms with E-state index in [0.717, 1.165) is 13.8 Å². The Balaban J connectivity index is 2.96. The van der Waals surface area contributed by atoms with Crippen LogP contribution in [0.2, 0.25) is 0 Å². The smallest absolute Gasteiger partial charge is 0.320 e. The molecular weight excluding hydrogens is 420 g/mol. The first-order chi connectivity index (χ1) is 14.7. The number of carbonyl (C=O) groups excluding carboxylic acids is 4. The van der Waals surface area contributed by atoms with Crippen LogP contribution in [-0.2, 0) is 47.6 Å². The van der Waals surface area contributed by atoms with Crippen LogP contribution in [0.1, 0.15) is 34.1 Å². The molecule has 12 nitrogen and oxygen atoms in total. The lowest BCUT2D eigenvalue weighted by atomic mass is 9.98. The molecule has 1 heterocycles. The van der Waals surface area contributed by atoms with Crippen LogP contribution in [0.25, 0.3) is 0 Å². The van der Waals surface area contributed by atoms with E-state index >= 15 is 0 Å². The molecule has 31 heavy (non-hydrogen) atoms. The first-order valence-electron chi connectivity index (χ1n) is 9.89. The minimum absolute atomic E-state index is 0.0655. The summed E-state index contributed by atoms with van der Waals surface area (Å²) in [6, 6.07) is 0. The molecule has 0 aromatic heterocycles. The summed E-state index contributed by atoms with van der Waals surface area (Å²) < 4.78 is 30.9. The lowest BCUT2D eigenvalue weighted by molar-refractivity contribution is -0.306. The molecule has 0 radical (unpaired) electrons. The molecule has 2 N–H and O–H groups in total. The molecule has 0 bridgehead atoms. The fourth-order valence-corrected chi connectivity index (χ4v) is 2.94. The Hall–Kier alpha value is -2.28. The van der Waals surface area contributed by atoms with E-state index in [9.17, 15) is 29.4 Å². The number of hydrogen-bond acceptors (Lipinski definition) is 12. The van der Waals surface area contributed by atoms with Crippen LogP contribution < -0.4 is 0 Å². The zero-order valence-corrected chi connectivity index (χ0v) is 18.0. The van der Waals surface area contributed by atoms with Crippen LogP contribution in [0.3, 0.4) is 0 Å². The van der Waals surface area contributed by atoms with Crippen molar-refractivity contribution in [1.82, 2.24) is 0 Å². The van der Waals surface area contributed by atoms with Gasteiger partial charge in [0.05, 0.1) is 26.4 Å². The maximum Gasteiger partial charge on any atom is 0.320 e. The zero-order chi connectivity index (χ0) is 23.6. The Morgan fingerprint density at radius 1 is 0.935 bits per heavy atom. The summed E-state index contributed by atoms with van der Waals surface area (Å²) >= 11 is 0. The maximum absolute atomic E-state index is 12.1. The van der Waals surface area contributed by atoms with Crippen LogP contribution in [0, 0.1) is 5.92 Å². The summed E-state index contributed by atoms with van der Waals surface area (Å²) in [7, 11) is 0. The van der Waals surface area contributed by atoms with E-state index < -0.39 is 67.1 Å². The molecule has 1 fully saturated rings. The minimum Gasteiger partial charge on any atom is -0.465 e. The van der Waals surface area contributed by atoms with E-state index in [1.54, 1.807) is 13.8 Å². The number of esters is 4. The number of aliphatic hydroxyl groups is 2. The normalized spacial score (nSPS) is 25.6. The van der Waals surface area contributed by atoms with Gasteiger partial charge in [0.25, 0.3) is 0 Å². The molecule has 178 valence electrons. The third-order valence-corrected chi connectivity index (χ3v) is 4.23.